The van der Waals surface area contributed by atoms with E-state index < -0.39 is 6.09 Å². The number of nitrogens with zero attached hydrogens (tertiary/aromatic N) is 4. The SMILES string of the molecule is O=C(O)N1CCN(CC2CC=C(c3ccc4c(c3)c(I)nn4C3CCCCO3)CC2)CC1. The Balaban J connectivity index is 1.24. The first-order valence-electron chi connectivity index (χ1n) is 11.8. The highest BCUT2D eigenvalue weighted by Crippen LogP contribution is 2.34. The van der Waals surface area contributed by atoms with Gasteiger partial charge in [-0.2, -0.15) is 5.10 Å². The lowest BCUT2D eigenvalue weighted by atomic mass is 9.86. The number of rotatable bonds is 4. The Morgan fingerprint density at radius 2 is 2.03 bits per heavy atom. The molecule has 2 unspecified atom stereocenters. The zero-order valence-electron chi connectivity index (χ0n) is 18.4. The molecule has 2 fully saturated rings. The molecule has 172 valence electrons. The Labute approximate surface area is 202 Å². The van der Waals surface area contributed by atoms with Gasteiger partial charge in [-0.05, 0) is 90.3 Å². The number of amides is 1. The monoisotopic (exact) mass is 550 g/mol. The summed E-state index contributed by atoms with van der Waals surface area (Å²) >= 11 is 2.35. The van der Waals surface area contributed by atoms with Gasteiger partial charge >= 0.3 is 6.09 Å². The number of hydrogen-bond acceptors (Lipinski definition) is 4. The maximum atomic E-state index is 11.1. The summed E-state index contributed by atoms with van der Waals surface area (Å²) in [7, 11) is 0. The van der Waals surface area contributed by atoms with Crippen LogP contribution in [-0.2, 0) is 4.74 Å². The van der Waals surface area contributed by atoms with E-state index in [1.807, 2.05) is 0 Å². The molecule has 0 bridgehead atoms. The van der Waals surface area contributed by atoms with Crippen LogP contribution < -0.4 is 0 Å². The van der Waals surface area contributed by atoms with Crippen molar-refractivity contribution in [2.45, 2.75) is 44.8 Å². The largest absolute Gasteiger partial charge is 0.465 e. The normalized spacial score (nSPS) is 25.2. The molecule has 1 aromatic carbocycles. The van der Waals surface area contributed by atoms with Gasteiger partial charge in [0.2, 0.25) is 0 Å². The molecular weight excluding hydrogens is 519 g/mol. The van der Waals surface area contributed by atoms with Gasteiger partial charge in [-0.15, -0.1) is 0 Å². The number of benzene rings is 1. The highest BCUT2D eigenvalue weighted by atomic mass is 127. The fourth-order valence-corrected chi connectivity index (χ4v) is 5.91. The van der Waals surface area contributed by atoms with Crippen molar-refractivity contribution in [2.24, 2.45) is 5.92 Å². The van der Waals surface area contributed by atoms with Crippen molar-refractivity contribution < 1.29 is 14.6 Å². The number of carboxylic acid groups (broad SMARTS) is 1. The third-order valence-corrected chi connectivity index (χ3v) is 7.94. The van der Waals surface area contributed by atoms with Gasteiger partial charge in [-0.1, -0.05) is 12.1 Å². The predicted molar refractivity (Wildman–Crippen MR) is 133 cm³/mol. The number of allylic oxidation sites excluding steroid dienone is 2. The lowest BCUT2D eigenvalue weighted by Crippen LogP contribution is -2.49. The van der Waals surface area contributed by atoms with Gasteiger partial charge in [-0.25, -0.2) is 9.48 Å². The van der Waals surface area contributed by atoms with Crippen LogP contribution >= 0.6 is 22.6 Å². The summed E-state index contributed by atoms with van der Waals surface area (Å²) in [6, 6.07) is 6.77. The molecule has 32 heavy (non-hydrogen) atoms. The molecule has 1 amide bonds. The van der Waals surface area contributed by atoms with E-state index in [-0.39, 0.29) is 6.23 Å². The van der Waals surface area contributed by atoms with E-state index in [9.17, 15) is 4.79 Å². The predicted octanol–water partition coefficient (Wildman–Crippen LogP) is 4.82. The van der Waals surface area contributed by atoms with Gasteiger partial charge in [0.05, 0.1) is 5.52 Å². The Morgan fingerprint density at radius 1 is 1.19 bits per heavy atom. The third-order valence-electron chi connectivity index (χ3n) is 7.14. The summed E-state index contributed by atoms with van der Waals surface area (Å²) < 4.78 is 9.10. The number of piperazine rings is 1. The maximum absolute atomic E-state index is 11.1. The first kappa shape index (κ1) is 22.2. The molecule has 3 heterocycles. The van der Waals surface area contributed by atoms with Crippen LogP contribution in [0.5, 0.6) is 0 Å². The average Bonchev–Trinajstić information content (AvgIpc) is 3.16. The molecule has 2 atom stereocenters. The first-order valence-corrected chi connectivity index (χ1v) is 12.9. The molecule has 7 nitrogen and oxygen atoms in total. The molecule has 0 saturated carbocycles. The van der Waals surface area contributed by atoms with E-state index in [1.165, 1.54) is 39.8 Å². The van der Waals surface area contributed by atoms with Crippen LogP contribution in [0.4, 0.5) is 4.79 Å². The van der Waals surface area contributed by atoms with Gasteiger partial charge in [0.1, 0.15) is 3.70 Å². The second-order valence-electron chi connectivity index (χ2n) is 9.23. The van der Waals surface area contributed by atoms with Gasteiger partial charge < -0.3 is 14.7 Å². The second-order valence-corrected chi connectivity index (χ2v) is 10.3. The molecule has 2 aliphatic heterocycles. The Morgan fingerprint density at radius 3 is 2.72 bits per heavy atom. The number of carbonyl (C=O) groups is 1. The van der Waals surface area contributed by atoms with Crippen molar-refractivity contribution >= 4 is 45.2 Å². The van der Waals surface area contributed by atoms with Gasteiger partial charge in [0, 0.05) is 44.7 Å². The van der Waals surface area contributed by atoms with Crippen molar-refractivity contribution in [1.82, 2.24) is 19.6 Å². The number of hydrogen-bond donors (Lipinski definition) is 1. The lowest BCUT2D eigenvalue weighted by Gasteiger charge is -2.35. The van der Waals surface area contributed by atoms with Crippen molar-refractivity contribution in [1.29, 1.82) is 0 Å². The molecule has 1 N–H and O–H groups in total. The first-order chi connectivity index (χ1) is 15.6. The lowest BCUT2D eigenvalue weighted by molar-refractivity contribution is -0.0368. The molecule has 2 aromatic rings. The van der Waals surface area contributed by atoms with E-state index in [2.05, 4.69) is 56.4 Å². The zero-order valence-corrected chi connectivity index (χ0v) is 20.5. The van der Waals surface area contributed by atoms with Gasteiger partial charge in [0.15, 0.2) is 6.23 Å². The molecule has 8 heteroatoms. The van der Waals surface area contributed by atoms with Crippen LogP contribution in [-0.4, -0.2) is 70.1 Å². The van der Waals surface area contributed by atoms with Gasteiger partial charge in [-0.3, -0.25) is 4.90 Å². The highest BCUT2D eigenvalue weighted by molar-refractivity contribution is 14.1. The zero-order chi connectivity index (χ0) is 22.1. The van der Waals surface area contributed by atoms with Crippen LogP contribution in [0.15, 0.2) is 24.3 Å². The average molecular weight is 550 g/mol. The van der Waals surface area contributed by atoms with E-state index in [1.54, 1.807) is 0 Å². The molecule has 1 aliphatic carbocycles. The van der Waals surface area contributed by atoms with Crippen molar-refractivity contribution in [3.8, 4) is 0 Å². The summed E-state index contributed by atoms with van der Waals surface area (Å²) in [6.45, 7) is 4.85. The molecule has 3 aliphatic rings. The van der Waals surface area contributed by atoms with E-state index >= 15 is 0 Å². The third kappa shape index (κ3) is 4.68. The molecule has 2 saturated heterocycles. The standard InChI is InChI=1S/C24H31IN4O3/c25-23-20-15-19(8-9-21(20)29(26-23)22-3-1-2-14-32-22)18-6-4-17(5-7-18)16-27-10-12-28(13-11-27)24(30)31/h6,8-9,15,17,22H,1-5,7,10-14,16H2,(H,30,31). The van der Waals surface area contributed by atoms with Crippen LogP contribution in [0, 0.1) is 9.62 Å². The minimum Gasteiger partial charge on any atom is -0.465 e. The summed E-state index contributed by atoms with van der Waals surface area (Å²) in [5, 5.41) is 15.1. The smallest absolute Gasteiger partial charge is 0.407 e. The highest BCUT2D eigenvalue weighted by Gasteiger charge is 2.25. The molecule has 1 aromatic heterocycles. The second kappa shape index (κ2) is 9.69. The maximum Gasteiger partial charge on any atom is 0.407 e. The number of ether oxygens (including phenoxy) is 1. The van der Waals surface area contributed by atoms with Crippen LogP contribution in [0.25, 0.3) is 16.5 Å². The van der Waals surface area contributed by atoms with E-state index in [4.69, 9.17) is 14.9 Å². The van der Waals surface area contributed by atoms with E-state index in [0.717, 1.165) is 55.6 Å². The van der Waals surface area contributed by atoms with Gasteiger partial charge in [0.25, 0.3) is 0 Å². The van der Waals surface area contributed by atoms with Crippen molar-refractivity contribution in [2.75, 3.05) is 39.3 Å². The molecule has 5 rings (SSSR count). The van der Waals surface area contributed by atoms with Crippen LogP contribution in [0.1, 0.15) is 50.3 Å². The quantitative estimate of drug-likeness (QED) is 0.553. The van der Waals surface area contributed by atoms with Crippen molar-refractivity contribution in [3.05, 3.63) is 33.5 Å². The molecule has 0 radical (unpaired) electrons. The number of fused-ring (bicyclic) bond motifs is 1. The summed E-state index contributed by atoms with van der Waals surface area (Å²) in [6.07, 6.45) is 8.45. The number of halogens is 1. The topological polar surface area (TPSA) is 70.8 Å². The van der Waals surface area contributed by atoms with E-state index in [0.29, 0.717) is 19.0 Å². The number of aromatic nitrogens is 2. The Kier molecular flexibility index (Phi) is 6.71. The minimum absolute atomic E-state index is 0.0626. The van der Waals surface area contributed by atoms with Crippen molar-refractivity contribution in [3.63, 3.8) is 0 Å². The van der Waals surface area contributed by atoms with Crippen LogP contribution in [0.2, 0.25) is 0 Å². The Hall–Kier alpha value is -1.65. The molecule has 0 spiro atoms. The fourth-order valence-electron chi connectivity index (χ4n) is 5.24. The summed E-state index contributed by atoms with van der Waals surface area (Å²) in [4.78, 5) is 15.0. The minimum atomic E-state index is -0.793. The summed E-state index contributed by atoms with van der Waals surface area (Å²) in [5.41, 5.74) is 3.92. The fraction of sp³-hybridized carbons (Fsp3) is 0.583. The van der Waals surface area contributed by atoms with Crippen LogP contribution in [0.3, 0.4) is 0 Å². The molecular formula is C24H31IN4O3. The summed E-state index contributed by atoms with van der Waals surface area (Å²) in [5.74, 6) is 0.658. The Bertz CT molecular complexity index is 1010.